The van der Waals surface area contributed by atoms with Crippen LogP contribution in [-0.2, 0) is 11.3 Å². The van der Waals surface area contributed by atoms with Gasteiger partial charge in [-0.3, -0.25) is 14.1 Å². The maximum absolute atomic E-state index is 12.6. The number of anilines is 1. The summed E-state index contributed by atoms with van der Waals surface area (Å²) in [6, 6.07) is 9.28. The molecular formula is C23H26N4O4. The van der Waals surface area contributed by atoms with Gasteiger partial charge >= 0.3 is 6.09 Å². The number of rotatable bonds is 4. The third-order valence-corrected chi connectivity index (χ3v) is 5.23. The van der Waals surface area contributed by atoms with Gasteiger partial charge in [0.25, 0.3) is 5.91 Å². The van der Waals surface area contributed by atoms with Gasteiger partial charge in [-0.25, -0.2) is 9.78 Å². The first-order valence-corrected chi connectivity index (χ1v) is 10.2. The number of carbonyl (C=O) groups excluding carboxylic acids is 2. The van der Waals surface area contributed by atoms with E-state index in [1.165, 1.54) is 4.90 Å². The number of hydrogen-bond acceptors (Lipinski definition) is 5. The number of imidazole rings is 1. The van der Waals surface area contributed by atoms with Crippen LogP contribution in [0.25, 0.3) is 16.9 Å². The lowest BCUT2D eigenvalue weighted by molar-refractivity contribution is 0.0589. The highest BCUT2D eigenvalue weighted by Crippen LogP contribution is 2.33. The lowest BCUT2D eigenvalue weighted by atomic mass is 10.0. The number of hydrogen-bond donors (Lipinski definition) is 1. The van der Waals surface area contributed by atoms with Crippen molar-refractivity contribution in [3.8, 4) is 11.3 Å². The molecule has 0 saturated heterocycles. The highest BCUT2D eigenvalue weighted by atomic mass is 16.6. The van der Waals surface area contributed by atoms with Gasteiger partial charge in [0.15, 0.2) is 0 Å². The fraction of sp³-hybridized carbons (Fsp3) is 0.348. The number of aliphatic hydroxyl groups excluding tert-OH is 1. The number of amides is 2. The van der Waals surface area contributed by atoms with Gasteiger partial charge in [-0.1, -0.05) is 12.1 Å². The highest BCUT2D eigenvalue weighted by Gasteiger charge is 2.30. The molecule has 4 rings (SSSR count). The van der Waals surface area contributed by atoms with Crippen LogP contribution in [0.3, 0.4) is 0 Å². The summed E-state index contributed by atoms with van der Waals surface area (Å²) in [6.45, 7) is 6.14. The maximum Gasteiger partial charge on any atom is 0.414 e. The molecule has 3 aromatic rings. The number of benzene rings is 1. The van der Waals surface area contributed by atoms with Gasteiger partial charge in [-0.05, 0) is 44.5 Å². The number of aliphatic hydroxyl groups is 1. The standard InChI is InChI=1S/C23H26N4O4/c1-23(2,3)31-22(30)25(4)15-8-9-20-24-12-19(27(20)13-15)16-6-5-7-17-18(16)14-26(10-11-28)21(17)29/h5-9,12-13,28H,10-11,14H2,1-4H3. The van der Waals surface area contributed by atoms with Crippen LogP contribution in [0.1, 0.15) is 36.7 Å². The zero-order valence-electron chi connectivity index (χ0n) is 18.1. The second kappa shape index (κ2) is 7.70. The van der Waals surface area contributed by atoms with Crippen molar-refractivity contribution in [1.82, 2.24) is 14.3 Å². The molecular weight excluding hydrogens is 396 g/mol. The third-order valence-electron chi connectivity index (χ3n) is 5.23. The van der Waals surface area contributed by atoms with Crippen LogP contribution in [0.15, 0.2) is 42.7 Å². The number of pyridine rings is 1. The summed E-state index contributed by atoms with van der Waals surface area (Å²) in [6.07, 6.45) is 3.16. The summed E-state index contributed by atoms with van der Waals surface area (Å²) in [7, 11) is 1.66. The summed E-state index contributed by atoms with van der Waals surface area (Å²) < 4.78 is 7.38. The molecule has 8 heteroatoms. The van der Waals surface area contributed by atoms with E-state index in [0.29, 0.717) is 24.3 Å². The van der Waals surface area contributed by atoms with Crippen molar-refractivity contribution in [2.75, 3.05) is 25.1 Å². The predicted molar refractivity (Wildman–Crippen MR) is 117 cm³/mol. The van der Waals surface area contributed by atoms with Crippen LogP contribution in [0.4, 0.5) is 10.5 Å². The molecule has 0 atom stereocenters. The minimum atomic E-state index is -0.590. The molecule has 0 aliphatic carbocycles. The van der Waals surface area contributed by atoms with Crippen molar-refractivity contribution >= 4 is 23.3 Å². The van der Waals surface area contributed by atoms with Crippen molar-refractivity contribution in [1.29, 1.82) is 0 Å². The van der Waals surface area contributed by atoms with E-state index >= 15 is 0 Å². The summed E-state index contributed by atoms with van der Waals surface area (Å²) in [5.74, 6) is -0.0786. The summed E-state index contributed by atoms with van der Waals surface area (Å²) in [5, 5.41) is 9.27. The Bertz CT molecular complexity index is 1160. The summed E-state index contributed by atoms with van der Waals surface area (Å²) in [4.78, 5) is 32.7. The molecule has 2 amide bonds. The molecule has 0 unspecified atom stereocenters. The van der Waals surface area contributed by atoms with Crippen molar-refractivity contribution in [3.05, 3.63) is 53.9 Å². The molecule has 1 N–H and O–H groups in total. The Hall–Kier alpha value is -3.39. The Morgan fingerprint density at radius 1 is 1.23 bits per heavy atom. The third kappa shape index (κ3) is 3.86. The normalized spacial score (nSPS) is 13.6. The molecule has 0 spiro atoms. The average Bonchev–Trinajstić information content (AvgIpc) is 3.27. The first-order chi connectivity index (χ1) is 14.7. The second-order valence-corrected chi connectivity index (χ2v) is 8.58. The van der Waals surface area contributed by atoms with E-state index < -0.39 is 11.7 Å². The number of nitrogens with zero attached hydrogens (tertiary/aromatic N) is 4. The van der Waals surface area contributed by atoms with Crippen molar-refractivity contribution < 1.29 is 19.4 Å². The number of aromatic nitrogens is 2. The smallest absolute Gasteiger partial charge is 0.414 e. The molecule has 1 aromatic carbocycles. The van der Waals surface area contributed by atoms with Crippen LogP contribution in [0, 0.1) is 0 Å². The lowest BCUT2D eigenvalue weighted by Crippen LogP contribution is -2.34. The highest BCUT2D eigenvalue weighted by molar-refractivity contribution is 6.00. The van der Waals surface area contributed by atoms with Gasteiger partial charge in [0.1, 0.15) is 11.2 Å². The molecule has 162 valence electrons. The minimum Gasteiger partial charge on any atom is -0.443 e. The second-order valence-electron chi connectivity index (χ2n) is 8.58. The molecule has 1 aliphatic heterocycles. The largest absolute Gasteiger partial charge is 0.443 e. The fourth-order valence-corrected chi connectivity index (χ4v) is 3.73. The Morgan fingerprint density at radius 3 is 2.68 bits per heavy atom. The van der Waals surface area contributed by atoms with Crippen LogP contribution in [0.5, 0.6) is 0 Å². The minimum absolute atomic E-state index is 0.0783. The van der Waals surface area contributed by atoms with Gasteiger partial charge in [-0.2, -0.15) is 0 Å². The molecule has 2 aromatic heterocycles. The van der Waals surface area contributed by atoms with Gasteiger partial charge in [0, 0.05) is 37.5 Å². The van der Waals surface area contributed by atoms with Gasteiger partial charge < -0.3 is 14.7 Å². The van der Waals surface area contributed by atoms with E-state index in [9.17, 15) is 14.7 Å². The molecule has 1 aliphatic rings. The molecule has 0 radical (unpaired) electrons. The Morgan fingerprint density at radius 2 is 1.97 bits per heavy atom. The zero-order valence-corrected chi connectivity index (χ0v) is 18.1. The van der Waals surface area contributed by atoms with E-state index in [0.717, 1.165) is 22.5 Å². The topological polar surface area (TPSA) is 87.4 Å². The SMILES string of the molecule is CN(C(=O)OC(C)(C)C)c1ccc2ncc(-c3cccc4c3CN(CCO)C4=O)n2c1. The number of fused-ring (bicyclic) bond motifs is 2. The van der Waals surface area contributed by atoms with Crippen LogP contribution in [-0.4, -0.2) is 57.2 Å². The summed E-state index contributed by atoms with van der Waals surface area (Å²) >= 11 is 0. The van der Waals surface area contributed by atoms with E-state index in [4.69, 9.17) is 4.74 Å². The lowest BCUT2D eigenvalue weighted by Gasteiger charge is -2.24. The quantitative estimate of drug-likeness (QED) is 0.697. The summed E-state index contributed by atoms with van der Waals surface area (Å²) in [5.41, 5.74) is 4.07. The molecule has 3 heterocycles. The van der Waals surface area contributed by atoms with E-state index in [2.05, 4.69) is 4.98 Å². The first kappa shape index (κ1) is 20.9. The Kier molecular flexibility index (Phi) is 5.18. The number of carbonyl (C=O) groups is 2. The van der Waals surface area contributed by atoms with Gasteiger partial charge in [0.2, 0.25) is 0 Å². The molecule has 8 nitrogen and oxygen atoms in total. The fourth-order valence-electron chi connectivity index (χ4n) is 3.73. The van der Waals surface area contributed by atoms with Crippen molar-refractivity contribution in [2.45, 2.75) is 32.9 Å². The van der Waals surface area contributed by atoms with Crippen molar-refractivity contribution in [3.63, 3.8) is 0 Å². The molecule has 0 fully saturated rings. The van der Waals surface area contributed by atoms with Crippen LogP contribution < -0.4 is 4.90 Å². The Balaban J connectivity index is 1.74. The predicted octanol–water partition coefficient (Wildman–Crippen LogP) is 3.32. The van der Waals surface area contributed by atoms with E-state index in [-0.39, 0.29) is 12.5 Å². The van der Waals surface area contributed by atoms with E-state index in [1.807, 2.05) is 61.7 Å². The Labute approximate surface area is 180 Å². The van der Waals surface area contributed by atoms with Crippen LogP contribution in [0.2, 0.25) is 0 Å². The molecule has 0 saturated carbocycles. The van der Waals surface area contributed by atoms with Crippen LogP contribution >= 0.6 is 0 Å². The molecule has 0 bridgehead atoms. The first-order valence-electron chi connectivity index (χ1n) is 10.2. The average molecular weight is 422 g/mol. The zero-order chi connectivity index (χ0) is 22.3. The number of ether oxygens (including phenoxy) is 1. The van der Waals surface area contributed by atoms with Crippen molar-refractivity contribution in [2.24, 2.45) is 0 Å². The van der Waals surface area contributed by atoms with E-state index in [1.54, 1.807) is 18.1 Å². The maximum atomic E-state index is 12.6. The van der Waals surface area contributed by atoms with Gasteiger partial charge in [-0.15, -0.1) is 0 Å². The monoisotopic (exact) mass is 422 g/mol. The van der Waals surface area contributed by atoms with Gasteiger partial charge in [0.05, 0.1) is 24.2 Å². The number of β-amino-alcohol motifs (C(OH)–C–C–N with tert-alkyl or cyclic N) is 1. The molecule has 31 heavy (non-hydrogen) atoms.